The van der Waals surface area contributed by atoms with Crippen molar-refractivity contribution in [2.75, 3.05) is 33.9 Å². The van der Waals surface area contributed by atoms with Crippen molar-refractivity contribution in [3.05, 3.63) is 82.7 Å². The molecular weight excluding hydrogens is 558 g/mol. The number of hydrogen-bond donors (Lipinski definition) is 2. The van der Waals surface area contributed by atoms with Crippen LogP contribution in [0.4, 0.5) is 0 Å². The largest absolute Gasteiger partial charge is 0.497 e. The molecule has 2 N–H and O–H groups in total. The summed E-state index contributed by atoms with van der Waals surface area (Å²) < 4.78 is 24.0. The quantitative estimate of drug-likeness (QED) is 0.376. The molecule has 3 aliphatic rings. The number of ether oxygens (including phenoxy) is 4. The topological polar surface area (TPSA) is 115 Å². The lowest BCUT2D eigenvalue weighted by Crippen LogP contribution is -2.45. The molecule has 3 aromatic carbocycles. The minimum absolute atomic E-state index is 0.124. The van der Waals surface area contributed by atoms with Crippen LogP contribution >= 0.6 is 11.3 Å². The Hall–Kier alpha value is -4.77. The lowest BCUT2D eigenvalue weighted by molar-refractivity contribution is -0.123. The molecule has 1 fully saturated rings. The van der Waals surface area contributed by atoms with E-state index in [1.807, 2.05) is 35.7 Å². The summed E-state index contributed by atoms with van der Waals surface area (Å²) >= 11 is 1.52. The molecule has 0 aliphatic carbocycles. The monoisotopic (exact) mass is 587 g/mol. The molecule has 42 heavy (non-hydrogen) atoms. The second-order valence-corrected chi connectivity index (χ2v) is 10.9. The molecule has 3 amide bonds. The van der Waals surface area contributed by atoms with Gasteiger partial charge < -0.3 is 34.5 Å². The lowest BCUT2D eigenvalue weighted by Gasteiger charge is -2.22. The number of fused-ring (bicyclic) bond motifs is 8. The zero-order valence-electron chi connectivity index (χ0n) is 23.0. The van der Waals surface area contributed by atoms with E-state index in [1.165, 1.54) is 18.4 Å². The molecule has 7 rings (SSSR count). The van der Waals surface area contributed by atoms with E-state index in [1.54, 1.807) is 42.3 Å². The zero-order valence-corrected chi connectivity index (χ0v) is 23.9. The normalized spacial score (nSPS) is 18.8. The summed E-state index contributed by atoms with van der Waals surface area (Å²) in [6.45, 7) is 0.482. The van der Waals surface area contributed by atoms with Gasteiger partial charge >= 0.3 is 0 Å². The van der Waals surface area contributed by atoms with Gasteiger partial charge in [0.1, 0.15) is 29.1 Å². The number of likely N-dealkylation sites (tertiary alicyclic amines) is 1. The van der Waals surface area contributed by atoms with Gasteiger partial charge in [0.2, 0.25) is 0 Å². The van der Waals surface area contributed by atoms with E-state index >= 15 is 0 Å². The minimum atomic E-state index is -0.546. The number of nitrogens with one attached hydrogen (secondary N) is 2. The SMILES string of the molecule is COc1cc2cc(c1)C(=O)N[C@H]1CN(C(=O)c3csc4ccccc34)C[C@@H]1Oc1ccc(c(OC)c1)CNC(=O)CO2. The summed E-state index contributed by atoms with van der Waals surface area (Å²) in [5, 5.41) is 8.64. The van der Waals surface area contributed by atoms with Gasteiger partial charge in [0.25, 0.3) is 17.7 Å². The summed E-state index contributed by atoms with van der Waals surface area (Å²) in [6.07, 6.45) is -0.546. The highest BCUT2D eigenvalue weighted by Gasteiger charge is 2.39. The third kappa shape index (κ3) is 5.55. The van der Waals surface area contributed by atoms with Crippen LogP contribution in [0.2, 0.25) is 0 Å². The predicted octanol–water partition coefficient (Wildman–Crippen LogP) is 3.63. The van der Waals surface area contributed by atoms with Crippen LogP contribution in [0.3, 0.4) is 0 Å². The summed E-state index contributed by atoms with van der Waals surface area (Å²) in [7, 11) is 3.03. The van der Waals surface area contributed by atoms with Crippen LogP contribution < -0.4 is 29.6 Å². The van der Waals surface area contributed by atoms with Crippen molar-refractivity contribution < 1.29 is 33.3 Å². The molecule has 10 nitrogen and oxygen atoms in total. The molecule has 0 unspecified atom stereocenters. The van der Waals surface area contributed by atoms with Gasteiger partial charge in [-0.05, 0) is 30.3 Å². The summed E-state index contributed by atoms with van der Waals surface area (Å²) in [6, 6.07) is 17.3. The summed E-state index contributed by atoms with van der Waals surface area (Å²) in [5.74, 6) is 0.895. The number of carbonyl (C=O) groups is 3. The average molecular weight is 588 g/mol. The van der Waals surface area contributed by atoms with Crippen molar-refractivity contribution in [3.8, 4) is 23.0 Å². The molecule has 0 saturated carbocycles. The molecule has 3 aliphatic heterocycles. The Kier molecular flexibility index (Phi) is 7.58. The third-order valence-electron chi connectivity index (χ3n) is 7.35. The second kappa shape index (κ2) is 11.6. The molecule has 0 radical (unpaired) electrons. The van der Waals surface area contributed by atoms with Crippen molar-refractivity contribution in [1.82, 2.24) is 15.5 Å². The average Bonchev–Trinajstić information content (AvgIpc) is 3.62. The number of nitrogens with zero attached hydrogens (tertiary/aromatic N) is 1. The van der Waals surface area contributed by atoms with Gasteiger partial charge in [0, 0.05) is 51.8 Å². The fourth-order valence-corrected chi connectivity index (χ4v) is 6.11. The number of amides is 3. The number of hydrogen-bond acceptors (Lipinski definition) is 8. The van der Waals surface area contributed by atoms with Crippen molar-refractivity contribution in [1.29, 1.82) is 0 Å². The first-order chi connectivity index (χ1) is 20.4. The number of carbonyl (C=O) groups excluding carboxylic acids is 3. The number of thiophene rings is 1. The van der Waals surface area contributed by atoms with E-state index < -0.39 is 18.1 Å². The predicted molar refractivity (Wildman–Crippen MR) is 157 cm³/mol. The molecule has 4 heterocycles. The van der Waals surface area contributed by atoms with E-state index in [4.69, 9.17) is 18.9 Å². The number of methoxy groups -OCH3 is 2. The molecule has 4 aromatic rings. The Morgan fingerprint density at radius 2 is 1.86 bits per heavy atom. The number of benzene rings is 3. The van der Waals surface area contributed by atoms with Gasteiger partial charge in [-0.1, -0.05) is 18.2 Å². The van der Waals surface area contributed by atoms with Crippen LogP contribution in [-0.2, 0) is 11.3 Å². The standard InChI is InChI=1S/C31H29N3O7S/c1-38-21-9-19-10-22(11-21)40-16-29(35)32-13-18-7-8-20(12-26(18)39-2)41-27-15-34(14-25(27)33-30(19)36)31(37)24-17-42-28-6-4-3-5-23(24)28/h3-12,17,25,27H,13-16H2,1-2H3,(H,32,35)(H,33,36)/t25-,27-/m0/s1. The Morgan fingerprint density at radius 1 is 1.00 bits per heavy atom. The second-order valence-electron chi connectivity index (χ2n) is 10.0. The molecule has 1 saturated heterocycles. The van der Waals surface area contributed by atoms with Crippen LogP contribution in [0.15, 0.2) is 66.0 Å². The number of rotatable bonds is 3. The van der Waals surface area contributed by atoms with Crippen LogP contribution in [0.5, 0.6) is 23.0 Å². The summed E-state index contributed by atoms with van der Waals surface area (Å²) in [5.41, 5.74) is 1.66. The zero-order chi connectivity index (χ0) is 29.2. The van der Waals surface area contributed by atoms with Gasteiger partial charge in [-0.15, -0.1) is 11.3 Å². The molecule has 4 bridgehead atoms. The van der Waals surface area contributed by atoms with E-state index in [0.29, 0.717) is 28.6 Å². The van der Waals surface area contributed by atoms with E-state index in [-0.39, 0.29) is 43.6 Å². The van der Waals surface area contributed by atoms with Gasteiger partial charge in [-0.3, -0.25) is 14.4 Å². The van der Waals surface area contributed by atoms with Gasteiger partial charge in [0.05, 0.1) is 32.4 Å². The molecular formula is C31H29N3O7S. The van der Waals surface area contributed by atoms with Crippen molar-refractivity contribution >= 4 is 39.1 Å². The van der Waals surface area contributed by atoms with Crippen molar-refractivity contribution in [3.63, 3.8) is 0 Å². The fourth-order valence-electron chi connectivity index (χ4n) is 5.18. The highest BCUT2D eigenvalue weighted by molar-refractivity contribution is 7.17. The highest BCUT2D eigenvalue weighted by Crippen LogP contribution is 2.31. The van der Waals surface area contributed by atoms with E-state index in [2.05, 4.69) is 10.6 Å². The molecule has 0 spiro atoms. The fraction of sp³-hybridized carbons (Fsp3) is 0.258. The Labute approximate surface area is 246 Å². The first-order valence-corrected chi connectivity index (χ1v) is 14.3. The smallest absolute Gasteiger partial charge is 0.258 e. The maximum Gasteiger partial charge on any atom is 0.258 e. The van der Waals surface area contributed by atoms with Crippen molar-refractivity contribution in [2.45, 2.75) is 18.7 Å². The molecule has 1 aromatic heterocycles. The lowest BCUT2D eigenvalue weighted by atomic mass is 10.1. The van der Waals surface area contributed by atoms with Gasteiger partial charge in [-0.2, -0.15) is 0 Å². The maximum absolute atomic E-state index is 13.7. The molecule has 216 valence electrons. The first-order valence-electron chi connectivity index (χ1n) is 13.4. The molecule has 2 atom stereocenters. The van der Waals surface area contributed by atoms with Gasteiger partial charge in [0.15, 0.2) is 6.61 Å². The third-order valence-corrected chi connectivity index (χ3v) is 8.31. The molecule has 11 heteroatoms. The van der Waals surface area contributed by atoms with Crippen LogP contribution in [-0.4, -0.2) is 68.7 Å². The van der Waals surface area contributed by atoms with Crippen LogP contribution in [0.25, 0.3) is 10.1 Å². The summed E-state index contributed by atoms with van der Waals surface area (Å²) in [4.78, 5) is 41.4. The van der Waals surface area contributed by atoms with Crippen LogP contribution in [0.1, 0.15) is 26.3 Å². The Balaban J connectivity index is 1.34. The minimum Gasteiger partial charge on any atom is -0.497 e. The first kappa shape index (κ1) is 27.4. The maximum atomic E-state index is 13.7. The van der Waals surface area contributed by atoms with E-state index in [9.17, 15) is 14.4 Å². The van der Waals surface area contributed by atoms with Crippen molar-refractivity contribution in [2.24, 2.45) is 0 Å². The van der Waals surface area contributed by atoms with Crippen LogP contribution in [0, 0.1) is 0 Å². The Morgan fingerprint density at radius 3 is 2.69 bits per heavy atom. The van der Waals surface area contributed by atoms with E-state index in [0.717, 1.165) is 15.6 Å². The van der Waals surface area contributed by atoms with Gasteiger partial charge in [-0.25, -0.2) is 0 Å². The Bertz CT molecular complexity index is 1670. The highest BCUT2D eigenvalue weighted by atomic mass is 32.1.